The summed E-state index contributed by atoms with van der Waals surface area (Å²) in [6, 6.07) is 11.8. The Hall–Kier alpha value is -2.95. The smallest absolute Gasteiger partial charge is 0.251 e. The Kier molecular flexibility index (Phi) is 5.46. The largest absolute Gasteiger partial charge is 0.345 e. The quantitative estimate of drug-likeness (QED) is 0.744. The molecule has 0 aliphatic carbocycles. The number of aryl methyl sites for hydroxylation is 2. The Morgan fingerprint density at radius 1 is 1.08 bits per heavy atom. The highest BCUT2D eigenvalue weighted by Crippen LogP contribution is 2.15. The fourth-order valence-electron chi connectivity index (χ4n) is 2.93. The van der Waals surface area contributed by atoms with Crippen LogP contribution >= 0.6 is 0 Å². The maximum atomic E-state index is 12.4. The second-order valence-corrected chi connectivity index (χ2v) is 6.62. The molecule has 0 saturated carbocycles. The number of rotatable bonds is 6. The van der Waals surface area contributed by atoms with E-state index in [1.165, 1.54) is 5.56 Å². The molecule has 0 bridgehead atoms. The van der Waals surface area contributed by atoms with Gasteiger partial charge >= 0.3 is 0 Å². The van der Waals surface area contributed by atoms with Crippen molar-refractivity contribution in [3.63, 3.8) is 0 Å². The monoisotopic (exact) mass is 349 g/mol. The third kappa shape index (κ3) is 4.36. The predicted octanol–water partition coefficient (Wildman–Crippen LogP) is 2.87. The molecule has 0 radical (unpaired) electrons. The van der Waals surface area contributed by atoms with E-state index in [0.717, 1.165) is 22.9 Å². The zero-order valence-electron chi connectivity index (χ0n) is 15.2. The molecule has 0 spiro atoms. The summed E-state index contributed by atoms with van der Waals surface area (Å²) in [7, 11) is 1.84. The van der Waals surface area contributed by atoms with Crippen molar-refractivity contribution >= 4 is 16.8 Å². The molecule has 26 heavy (non-hydrogen) atoms. The fraction of sp³-hybridized carbons (Fsp3) is 0.286. The number of nitrogens with one attached hydrogen (secondary N) is 1. The lowest BCUT2D eigenvalue weighted by molar-refractivity contribution is -0.129. The van der Waals surface area contributed by atoms with E-state index in [1.807, 2.05) is 43.4 Å². The van der Waals surface area contributed by atoms with Crippen LogP contribution in [-0.2, 0) is 17.6 Å². The van der Waals surface area contributed by atoms with Gasteiger partial charge in [-0.3, -0.25) is 14.6 Å². The first-order chi connectivity index (χ1) is 12.5. The van der Waals surface area contributed by atoms with E-state index in [9.17, 15) is 9.59 Å². The third-order valence-corrected chi connectivity index (χ3v) is 4.63. The van der Waals surface area contributed by atoms with Gasteiger partial charge in [0.05, 0.1) is 0 Å². The average Bonchev–Trinajstić information content (AvgIpc) is 2.66. The van der Waals surface area contributed by atoms with E-state index in [1.54, 1.807) is 24.2 Å². The van der Waals surface area contributed by atoms with Crippen LogP contribution in [0.4, 0.5) is 0 Å². The van der Waals surface area contributed by atoms with Crippen molar-refractivity contribution in [3.05, 3.63) is 75.8 Å². The zero-order valence-corrected chi connectivity index (χ0v) is 15.2. The SMILES string of the molecule is Cc1cc2ccc(CCC(=O)N(C)CCc3ccncc3)cc2[nH]c1=O. The normalized spacial score (nSPS) is 10.8. The number of likely N-dealkylation sites (N-methyl/N-ethyl adjacent to an activating group) is 1. The second kappa shape index (κ2) is 7.95. The van der Waals surface area contributed by atoms with Gasteiger partial charge in [0.1, 0.15) is 0 Å². The van der Waals surface area contributed by atoms with Crippen molar-refractivity contribution in [2.45, 2.75) is 26.2 Å². The number of carbonyl (C=O) groups excluding carboxylic acids is 1. The van der Waals surface area contributed by atoms with Gasteiger partial charge in [-0.25, -0.2) is 0 Å². The number of hydrogen-bond acceptors (Lipinski definition) is 3. The van der Waals surface area contributed by atoms with E-state index >= 15 is 0 Å². The molecule has 0 atom stereocenters. The van der Waals surface area contributed by atoms with Gasteiger partial charge < -0.3 is 9.88 Å². The van der Waals surface area contributed by atoms with Crippen LogP contribution in [0.5, 0.6) is 0 Å². The Bertz CT molecular complexity index is 964. The third-order valence-electron chi connectivity index (χ3n) is 4.63. The van der Waals surface area contributed by atoms with Crippen LogP contribution in [0, 0.1) is 6.92 Å². The highest BCUT2D eigenvalue weighted by atomic mass is 16.2. The summed E-state index contributed by atoms with van der Waals surface area (Å²) in [5, 5.41) is 1.01. The molecule has 0 aliphatic heterocycles. The molecule has 5 nitrogen and oxygen atoms in total. The van der Waals surface area contributed by atoms with Crippen LogP contribution < -0.4 is 5.56 Å². The number of aromatic nitrogens is 2. The van der Waals surface area contributed by atoms with E-state index in [2.05, 4.69) is 9.97 Å². The molecule has 1 aromatic carbocycles. The predicted molar refractivity (Wildman–Crippen MR) is 103 cm³/mol. The Morgan fingerprint density at radius 2 is 1.85 bits per heavy atom. The molecule has 0 aliphatic rings. The summed E-state index contributed by atoms with van der Waals surface area (Å²) >= 11 is 0. The highest BCUT2D eigenvalue weighted by Gasteiger charge is 2.09. The van der Waals surface area contributed by atoms with Crippen LogP contribution in [-0.4, -0.2) is 34.4 Å². The summed E-state index contributed by atoms with van der Waals surface area (Å²) in [4.78, 5) is 32.8. The van der Waals surface area contributed by atoms with Crippen LogP contribution in [0.1, 0.15) is 23.1 Å². The molecule has 2 heterocycles. The first kappa shape index (κ1) is 17.9. The number of fused-ring (bicyclic) bond motifs is 1. The zero-order chi connectivity index (χ0) is 18.5. The lowest BCUT2D eigenvalue weighted by Gasteiger charge is -2.17. The molecule has 0 unspecified atom stereocenters. The lowest BCUT2D eigenvalue weighted by atomic mass is 10.1. The summed E-state index contributed by atoms with van der Waals surface area (Å²) in [5.41, 5.74) is 3.68. The van der Waals surface area contributed by atoms with Crippen molar-refractivity contribution in [3.8, 4) is 0 Å². The van der Waals surface area contributed by atoms with Crippen LogP contribution in [0.25, 0.3) is 10.9 Å². The molecule has 1 amide bonds. The highest BCUT2D eigenvalue weighted by molar-refractivity contribution is 5.80. The summed E-state index contributed by atoms with van der Waals surface area (Å²) in [5.74, 6) is 0.122. The second-order valence-electron chi connectivity index (χ2n) is 6.62. The minimum atomic E-state index is -0.0680. The molecular weight excluding hydrogens is 326 g/mol. The van der Waals surface area contributed by atoms with Crippen LogP contribution in [0.15, 0.2) is 53.6 Å². The van der Waals surface area contributed by atoms with Gasteiger partial charge in [0.15, 0.2) is 0 Å². The molecule has 3 rings (SSSR count). The first-order valence-corrected chi connectivity index (χ1v) is 8.78. The van der Waals surface area contributed by atoms with Crippen LogP contribution in [0.3, 0.4) is 0 Å². The molecule has 3 aromatic rings. The molecule has 0 fully saturated rings. The molecule has 134 valence electrons. The Labute approximate surface area is 152 Å². The average molecular weight is 349 g/mol. The van der Waals surface area contributed by atoms with Crippen molar-refractivity contribution in [1.29, 1.82) is 0 Å². The Balaban J connectivity index is 1.57. The topological polar surface area (TPSA) is 66.1 Å². The van der Waals surface area contributed by atoms with E-state index < -0.39 is 0 Å². The molecule has 5 heteroatoms. The van der Waals surface area contributed by atoms with Gasteiger partial charge in [-0.1, -0.05) is 12.1 Å². The van der Waals surface area contributed by atoms with Crippen molar-refractivity contribution in [2.24, 2.45) is 0 Å². The standard InChI is InChI=1S/C21H23N3O2/c1-15-13-18-5-3-17(14-19(18)23-21(15)26)4-6-20(25)24(2)12-9-16-7-10-22-11-8-16/h3,5,7-8,10-11,13-14H,4,6,9,12H2,1-2H3,(H,23,26). The summed E-state index contributed by atoms with van der Waals surface area (Å²) in [6.07, 6.45) is 5.46. The van der Waals surface area contributed by atoms with E-state index in [-0.39, 0.29) is 11.5 Å². The number of benzene rings is 1. The van der Waals surface area contributed by atoms with Gasteiger partial charge in [0, 0.05) is 43.5 Å². The number of amides is 1. The number of hydrogen-bond donors (Lipinski definition) is 1. The minimum absolute atomic E-state index is 0.0680. The Morgan fingerprint density at radius 3 is 2.62 bits per heavy atom. The number of carbonyl (C=O) groups is 1. The van der Waals surface area contributed by atoms with Crippen LogP contribution in [0.2, 0.25) is 0 Å². The number of pyridine rings is 2. The molecule has 0 saturated heterocycles. The minimum Gasteiger partial charge on any atom is -0.345 e. The van der Waals surface area contributed by atoms with Crippen molar-refractivity contribution in [2.75, 3.05) is 13.6 Å². The van der Waals surface area contributed by atoms with Gasteiger partial charge in [-0.2, -0.15) is 0 Å². The van der Waals surface area contributed by atoms with Crippen molar-refractivity contribution in [1.82, 2.24) is 14.9 Å². The summed E-state index contributed by atoms with van der Waals surface area (Å²) < 4.78 is 0. The molecule has 2 aromatic heterocycles. The summed E-state index contributed by atoms with van der Waals surface area (Å²) in [6.45, 7) is 2.49. The van der Waals surface area contributed by atoms with Crippen molar-refractivity contribution < 1.29 is 4.79 Å². The first-order valence-electron chi connectivity index (χ1n) is 8.78. The maximum Gasteiger partial charge on any atom is 0.251 e. The fourth-order valence-corrected chi connectivity index (χ4v) is 2.93. The number of aromatic amines is 1. The lowest BCUT2D eigenvalue weighted by Crippen LogP contribution is -2.29. The van der Waals surface area contributed by atoms with Gasteiger partial charge in [0.2, 0.25) is 5.91 Å². The number of H-pyrrole nitrogens is 1. The van der Waals surface area contributed by atoms with Gasteiger partial charge in [0.25, 0.3) is 5.56 Å². The van der Waals surface area contributed by atoms with E-state index in [4.69, 9.17) is 0 Å². The molecular formula is C21H23N3O2. The van der Waals surface area contributed by atoms with E-state index in [0.29, 0.717) is 24.9 Å². The van der Waals surface area contributed by atoms with Gasteiger partial charge in [-0.15, -0.1) is 0 Å². The van der Waals surface area contributed by atoms with Gasteiger partial charge in [-0.05, 0) is 60.5 Å². The number of nitrogens with zero attached hydrogens (tertiary/aromatic N) is 2. The molecule has 1 N–H and O–H groups in total. The maximum absolute atomic E-state index is 12.4.